The first-order valence-corrected chi connectivity index (χ1v) is 13.5. The molecule has 43 heavy (non-hydrogen) atoms. The van der Waals surface area contributed by atoms with Gasteiger partial charge in [-0.05, 0) is 64.7 Å². The van der Waals surface area contributed by atoms with Gasteiger partial charge in [-0.2, -0.15) is 21.0 Å². The number of hydrogen-bond acceptors (Lipinski definition) is 7. The van der Waals surface area contributed by atoms with Crippen LogP contribution in [0.15, 0.2) is 101 Å². The Morgan fingerprint density at radius 1 is 0.512 bits per heavy atom. The summed E-state index contributed by atoms with van der Waals surface area (Å²) < 4.78 is 0. The van der Waals surface area contributed by atoms with Gasteiger partial charge < -0.3 is 14.7 Å². The Balaban J connectivity index is 2.19. The molecule has 3 aromatic rings. The van der Waals surface area contributed by atoms with Crippen LogP contribution in [-0.4, -0.2) is 42.3 Å². The van der Waals surface area contributed by atoms with Crippen molar-refractivity contribution in [3.8, 4) is 24.3 Å². The summed E-state index contributed by atoms with van der Waals surface area (Å²) in [5, 5.41) is 41.7. The van der Waals surface area contributed by atoms with E-state index in [-0.39, 0.29) is 22.3 Å². The number of rotatable bonds is 6. The van der Waals surface area contributed by atoms with Gasteiger partial charge in [-0.3, -0.25) is 0 Å². The highest BCUT2D eigenvalue weighted by Gasteiger charge is 2.29. The maximum atomic E-state index is 10.7. The molecule has 4 rings (SSSR count). The standard InChI is InChI=1S/C36H31N7/c1-41(2)28-13-7-24(8-14-28)31-19-32(25-9-15-29(16-10-25)42(3)4)36(27(20-37)21-38)34(23-40)35(33(31)22-39)26-11-17-30(18-12-26)43(5)6/h7-19H,1-6H3. The largest absolute Gasteiger partial charge is 0.378 e. The van der Waals surface area contributed by atoms with E-state index >= 15 is 0 Å². The number of anilines is 3. The third kappa shape index (κ3) is 5.89. The van der Waals surface area contributed by atoms with Gasteiger partial charge in [-0.25, -0.2) is 0 Å². The van der Waals surface area contributed by atoms with Gasteiger partial charge in [-0.15, -0.1) is 0 Å². The molecule has 0 bridgehead atoms. The van der Waals surface area contributed by atoms with Crippen molar-refractivity contribution in [1.82, 2.24) is 0 Å². The van der Waals surface area contributed by atoms with Crippen LogP contribution < -0.4 is 14.7 Å². The number of nitrogens with zero attached hydrogens (tertiary/aromatic N) is 7. The van der Waals surface area contributed by atoms with Crippen molar-refractivity contribution in [2.45, 2.75) is 0 Å². The molecule has 1 aliphatic rings. The molecule has 0 amide bonds. The van der Waals surface area contributed by atoms with Crippen molar-refractivity contribution < 1.29 is 0 Å². The number of benzene rings is 3. The van der Waals surface area contributed by atoms with Gasteiger partial charge in [0.05, 0.1) is 11.1 Å². The van der Waals surface area contributed by atoms with Crippen LogP contribution in [0.1, 0.15) is 16.7 Å². The summed E-state index contributed by atoms with van der Waals surface area (Å²) in [7, 11) is 11.7. The summed E-state index contributed by atoms with van der Waals surface area (Å²) in [5.74, 6) is 0. The molecule has 0 radical (unpaired) electrons. The van der Waals surface area contributed by atoms with Crippen LogP contribution in [0.25, 0.3) is 16.7 Å². The summed E-state index contributed by atoms with van der Waals surface area (Å²) >= 11 is 0. The summed E-state index contributed by atoms with van der Waals surface area (Å²) in [4.78, 5) is 5.92. The topological polar surface area (TPSA) is 105 Å². The lowest BCUT2D eigenvalue weighted by atomic mass is 9.85. The van der Waals surface area contributed by atoms with E-state index in [0.717, 1.165) is 22.6 Å². The predicted octanol–water partition coefficient (Wildman–Crippen LogP) is 6.58. The van der Waals surface area contributed by atoms with Gasteiger partial charge in [0.2, 0.25) is 0 Å². The van der Waals surface area contributed by atoms with E-state index in [4.69, 9.17) is 0 Å². The van der Waals surface area contributed by atoms with E-state index in [2.05, 4.69) is 12.1 Å². The lowest BCUT2D eigenvalue weighted by Gasteiger charge is -2.17. The number of hydrogen-bond donors (Lipinski definition) is 0. The molecule has 0 atom stereocenters. The second kappa shape index (κ2) is 12.7. The van der Waals surface area contributed by atoms with Gasteiger partial charge in [0.25, 0.3) is 0 Å². The van der Waals surface area contributed by atoms with Crippen LogP contribution in [0.3, 0.4) is 0 Å². The van der Waals surface area contributed by atoms with Gasteiger partial charge in [-0.1, -0.05) is 36.4 Å². The quantitative estimate of drug-likeness (QED) is 0.313. The SMILES string of the molecule is CN(C)c1ccc(C2=CC(c3ccc(N(C)C)cc3)=C(C#N)C(c3ccc(N(C)C)cc3)=C(C#N)C2=C(C#N)C#N)cc1. The first kappa shape index (κ1) is 30.0. The summed E-state index contributed by atoms with van der Waals surface area (Å²) in [6.07, 6.45) is 1.83. The fraction of sp³-hybridized carbons (Fsp3) is 0.167. The molecule has 1 aliphatic carbocycles. The molecule has 0 N–H and O–H groups in total. The normalized spacial score (nSPS) is 12.7. The molecule has 0 aliphatic heterocycles. The molecule has 0 saturated carbocycles. The van der Waals surface area contributed by atoms with E-state index in [1.165, 1.54) is 0 Å². The third-order valence-electron chi connectivity index (χ3n) is 7.34. The Labute approximate surface area is 253 Å². The van der Waals surface area contributed by atoms with Gasteiger partial charge in [0.1, 0.15) is 29.8 Å². The Morgan fingerprint density at radius 3 is 1.28 bits per heavy atom. The zero-order chi connectivity index (χ0) is 31.3. The van der Waals surface area contributed by atoms with Crippen LogP contribution in [0.4, 0.5) is 17.1 Å². The molecule has 3 aromatic carbocycles. The first-order chi connectivity index (χ1) is 20.6. The lowest BCUT2D eigenvalue weighted by Crippen LogP contribution is -2.08. The Kier molecular flexibility index (Phi) is 8.82. The number of allylic oxidation sites excluding steroid dienone is 8. The van der Waals surface area contributed by atoms with Crippen molar-refractivity contribution in [2.24, 2.45) is 0 Å². The van der Waals surface area contributed by atoms with E-state index in [9.17, 15) is 21.0 Å². The van der Waals surface area contributed by atoms with E-state index in [1.807, 2.05) is 148 Å². The summed E-state index contributed by atoms with van der Waals surface area (Å²) in [6.45, 7) is 0. The molecule has 7 heteroatoms. The zero-order valence-electron chi connectivity index (χ0n) is 25.1. The molecule has 0 saturated heterocycles. The monoisotopic (exact) mass is 561 g/mol. The zero-order valence-corrected chi connectivity index (χ0v) is 25.1. The summed E-state index contributed by atoms with van der Waals surface area (Å²) in [5.41, 5.74) is 6.85. The van der Waals surface area contributed by atoms with Crippen molar-refractivity contribution in [3.63, 3.8) is 0 Å². The van der Waals surface area contributed by atoms with Crippen molar-refractivity contribution in [1.29, 1.82) is 21.0 Å². The number of nitriles is 4. The maximum Gasteiger partial charge on any atom is 0.138 e. The third-order valence-corrected chi connectivity index (χ3v) is 7.34. The molecule has 0 spiro atoms. The van der Waals surface area contributed by atoms with Gasteiger partial charge in [0, 0.05) is 76.1 Å². The van der Waals surface area contributed by atoms with Crippen LogP contribution >= 0.6 is 0 Å². The minimum Gasteiger partial charge on any atom is -0.378 e. The second-order valence-electron chi connectivity index (χ2n) is 10.6. The molecule has 210 valence electrons. The van der Waals surface area contributed by atoms with Crippen LogP contribution in [-0.2, 0) is 0 Å². The highest BCUT2D eigenvalue weighted by molar-refractivity contribution is 6.09. The smallest absolute Gasteiger partial charge is 0.138 e. The van der Waals surface area contributed by atoms with Crippen LogP contribution in [0, 0.1) is 45.3 Å². The molecule has 0 heterocycles. The fourth-order valence-electron chi connectivity index (χ4n) is 4.98. The van der Waals surface area contributed by atoms with E-state index < -0.39 is 0 Å². The highest BCUT2D eigenvalue weighted by Crippen LogP contribution is 2.45. The molecule has 7 nitrogen and oxygen atoms in total. The second-order valence-corrected chi connectivity index (χ2v) is 10.6. The van der Waals surface area contributed by atoms with Crippen molar-refractivity contribution in [2.75, 3.05) is 57.0 Å². The molecule has 0 fully saturated rings. The maximum absolute atomic E-state index is 10.7. The first-order valence-electron chi connectivity index (χ1n) is 13.5. The fourth-order valence-corrected chi connectivity index (χ4v) is 4.98. The minimum atomic E-state index is -0.205. The molecule has 0 aromatic heterocycles. The van der Waals surface area contributed by atoms with Crippen LogP contribution in [0.5, 0.6) is 0 Å². The Bertz CT molecular complexity index is 1820. The summed E-state index contributed by atoms with van der Waals surface area (Å²) in [6, 6.07) is 31.7. The average molecular weight is 562 g/mol. The minimum absolute atomic E-state index is 0.0927. The molecular weight excluding hydrogens is 530 g/mol. The van der Waals surface area contributed by atoms with Crippen LogP contribution in [0.2, 0.25) is 0 Å². The van der Waals surface area contributed by atoms with Gasteiger partial charge in [0.15, 0.2) is 0 Å². The Morgan fingerprint density at radius 2 is 0.907 bits per heavy atom. The van der Waals surface area contributed by atoms with Gasteiger partial charge >= 0.3 is 0 Å². The molecular formula is C36H31N7. The predicted molar refractivity (Wildman–Crippen MR) is 174 cm³/mol. The highest BCUT2D eigenvalue weighted by atomic mass is 15.1. The van der Waals surface area contributed by atoms with E-state index in [1.54, 1.807) is 0 Å². The Hall–Kier alpha value is -6.02. The van der Waals surface area contributed by atoms with Crippen molar-refractivity contribution >= 4 is 33.8 Å². The lowest BCUT2D eigenvalue weighted by molar-refractivity contribution is 1.13. The van der Waals surface area contributed by atoms with E-state index in [0.29, 0.717) is 27.8 Å². The average Bonchev–Trinajstić information content (AvgIpc) is 3.16. The molecule has 0 unspecified atom stereocenters. The van der Waals surface area contributed by atoms with Crippen molar-refractivity contribution in [3.05, 3.63) is 118 Å².